The fraction of sp³-hybridized carbons (Fsp3) is 0.933. The van der Waals surface area contributed by atoms with Crippen LogP contribution in [0.4, 0.5) is 0 Å². The number of likely N-dealkylation sites (tertiary alicyclic amines) is 1. The molecular formula is C15H30ClN3O. The van der Waals surface area contributed by atoms with Gasteiger partial charge in [0.15, 0.2) is 0 Å². The molecule has 1 amide bonds. The summed E-state index contributed by atoms with van der Waals surface area (Å²) in [5, 5.41) is 0. The second-order valence-electron chi connectivity index (χ2n) is 6.25. The molecule has 1 aliphatic carbocycles. The van der Waals surface area contributed by atoms with Gasteiger partial charge >= 0.3 is 0 Å². The van der Waals surface area contributed by atoms with Gasteiger partial charge in [-0.3, -0.25) is 9.69 Å². The van der Waals surface area contributed by atoms with Crippen LogP contribution < -0.4 is 5.73 Å². The van der Waals surface area contributed by atoms with Gasteiger partial charge in [0, 0.05) is 13.1 Å². The van der Waals surface area contributed by atoms with Crippen molar-refractivity contribution >= 4 is 18.3 Å². The second-order valence-corrected chi connectivity index (χ2v) is 6.25. The van der Waals surface area contributed by atoms with E-state index in [0.717, 1.165) is 32.5 Å². The molecule has 1 saturated carbocycles. The summed E-state index contributed by atoms with van der Waals surface area (Å²) in [6.45, 7) is 3.46. The summed E-state index contributed by atoms with van der Waals surface area (Å²) in [6, 6.07) is 0.489. The van der Waals surface area contributed by atoms with E-state index in [-0.39, 0.29) is 12.4 Å². The summed E-state index contributed by atoms with van der Waals surface area (Å²) in [7, 11) is 1.99. The molecule has 1 heterocycles. The Morgan fingerprint density at radius 1 is 1.15 bits per heavy atom. The zero-order chi connectivity index (χ0) is 13.7. The maximum atomic E-state index is 12.3. The first-order valence-corrected chi connectivity index (χ1v) is 7.88. The molecule has 0 aromatic carbocycles. The van der Waals surface area contributed by atoms with Crippen LogP contribution in [0.25, 0.3) is 0 Å². The van der Waals surface area contributed by atoms with Gasteiger partial charge in [0.2, 0.25) is 5.91 Å². The van der Waals surface area contributed by atoms with Gasteiger partial charge in [-0.1, -0.05) is 19.3 Å². The number of rotatable bonds is 4. The van der Waals surface area contributed by atoms with E-state index in [2.05, 4.69) is 4.90 Å². The average Bonchev–Trinajstić information content (AvgIpc) is 2.48. The Balaban J connectivity index is 0.00000200. The molecule has 0 unspecified atom stereocenters. The summed E-state index contributed by atoms with van der Waals surface area (Å²) in [5.74, 6) is 0.973. The minimum atomic E-state index is 0. The molecular weight excluding hydrogens is 274 g/mol. The smallest absolute Gasteiger partial charge is 0.236 e. The van der Waals surface area contributed by atoms with E-state index in [1.165, 1.54) is 32.1 Å². The van der Waals surface area contributed by atoms with Crippen molar-refractivity contribution in [3.8, 4) is 0 Å². The van der Waals surface area contributed by atoms with E-state index < -0.39 is 0 Å². The molecule has 1 saturated heterocycles. The summed E-state index contributed by atoms with van der Waals surface area (Å²) in [6.07, 6.45) is 8.59. The SMILES string of the molecule is CN(C(=O)CN1CCC(CN)CC1)C1CCCCC1.Cl. The van der Waals surface area contributed by atoms with Gasteiger partial charge in [0.1, 0.15) is 0 Å². The molecule has 0 aromatic heterocycles. The Hall–Kier alpha value is -0.320. The van der Waals surface area contributed by atoms with Crippen molar-refractivity contribution in [3.05, 3.63) is 0 Å². The Labute approximate surface area is 129 Å². The lowest BCUT2D eigenvalue weighted by Crippen LogP contribution is -2.46. The monoisotopic (exact) mass is 303 g/mol. The van der Waals surface area contributed by atoms with Gasteiger partial charge < -0.3 is 10.6 Å². The van der Waals surface area contributed by atoms with Crippen molar-refractivity contribution in [2.45, 2.75) is 51.0 Å². The number of nitrogens with two attached hydrogens (primary N) is 1. The number of piperidine rings is 1. The molecule has 4 nitrogen and oxygen atoms in total. The maximum absolute atomic E-state index is 12.3. The fourth-order valence-corrected chi connectivity index (χ4v) is 3.36. The molecule has 0 aromatic rings. The van der Waals surface area contributed by atoms with Crippen LogP contribution in [0.2, 0.25) is 0 Å². The lowest BCUT2D eigenvalue weighted by atomic mass is 9.94. The predicted molar refractivity (Wildman–Crippen MR) is 85.1 cm³/mol. The third kappa shape index (κ3) is 4.90. The molecule has 1 aliphatic heterocycles. The minimum absolute atomic E-state index is 0. The van der Waals surface area contributed by atoms with Crippen molar-refractivity contribution in [2.24, 2.45) is 11.7 Å². The van der Waals surface area contributed by atoms with Gasteiger partial charge in [0.05, 0.1) is 6.54 Å². The molecule has 0 spiro atoms. The first kappa shape index (κ1) is 17.7. The highest BCUT2D eigenvalue weighted by Gasteiger charge is 2.25. The van der Waals surface area contributed by atoms with E-state index in [9.17, 15) is 4.79 Å². The second kappa shape index (κ2) is 8.85. The van der Waals surface area contributed by atoms with E-state index >= 15 is 0 Å². The lowest BCUT2D eigenvalue weighted by Gasteiger charge is -2.35. The number of carbonyl (C=O) groups is 1. The van der Waals surface area contributed by atoms with Crippen LogP contribution in [0.3, 0.4) is 0 Å². The number of nitrogens with zero attached hydrogens (tertiary/aromatic N) is 2. The van der Waals surface area contributed by atoms with Crippen molar-refractivity contribution in [1.29, 1.82) is 0 Å². The van der Waals surface area contributed by atoms with Gasteiger partial charge in [0.25, 0.3) is 0 Å². The molecule has 2 aliphatic rings. The number of carbonyl (C=O) groups excluding carboxylic acids is 1. The van der Waals surface area contributed by atoms with Crippen molar-refractivity contribution in [3.63, 3.8) is 0 Å². The fourth-order valence-electron chi connectivity index (χ4n) is 3.36. The van der Waals surface area contributed by atoms with E-state index in [1.54, 1.807) is 0 Å². The van der Waals surface area contributed by atoms with Crippen LogP contribution >= 0.6 is 12.4 Å². The maximum Gasteiger partial charge on any atom is 0.236 e. The van der Waals surface area contributed by atoms with E-state index in [4.69, 9.17) is 5.73 Å². The third-order valence-corrected chi connectivity index (χ3v) is 4.92. The van der Waals surface area contributed by atoms with Crippen molar-refractivity contribution in [2.75, 3.05) is 33.2 Å². The number of amides is 1. The molecule has 20 heavy (non-hydrogen) atoms. The number of hydrogen-bond acceptors (Lipinski definition) is 3. The quantitative estimate of drug-likeness (QED) is 0.862. The van der Waals surface area contributed by atoms with Crippen molar-refractivity contribution < 1.29 is 4.79 Å². The van der Waals surface area contributed by atoms with E-state index in [1.807, 2.05) is 11.9 Å². The average molecular weight is 304 g/mol. The Morgan fingerprint density at radius 2 is 1.75 bits per heavy atom. The lowest BCUT2D eigenvalue weighted by molar-refractivity contribution is -0.134. The highest BCUT2D eigenvalue weighted by atomic mass is 35.5. The van der Waals surface area contributed by atoms with Crippen LogP contribution in [-0.2, 0) is 4.79 Å². The highest BCUT2D eigenvalue weighted by Crippen LogP contribution is 2.22. The molecule has 0 atom stereocenters. The molecule has 2 rings (SSSR count). The Morgan fingerprint density at radius 3 is 2.30 bits per heavy atom. The molecule has 0 radical (unpaired) electrons. The third-order valence-electron chi connectivity index (χ3n) is 4.92. The first-order chi connectivity index (χ1) is 9.20. The van der Waals surface area contributed by atoms with Crippen LogP contribution in [0.5, 0.6) is 0 Å². The van der Waals surface area contributed by atoms with Crippen LogP contribution in [-0.4, -0.2) is 55.0 Å². The Bertz CT molecular complexity index is 287. The van der Waals surface area contributed by atoms with Crippen LogP contribution in [0.15, 0.2) is 0 Å². The van der Waals surface area contributed by atoms with E-state index in [0.29, 0.717) is 24.4 Å². The minimum Gasteiger partial charge on any atom is -0.342 e. The highest BCUT2D eigenvalue weighted by molar-refractivity contribution is 5.85. The largest absolute Gasteiger partial charge is 0.342 e. The number of halogens is 1. The summed E-state index contributed by atoms with van der Waals surface area (Å²) < 4.78 is 0. The molecule has 2 fully saturated rings. The van der Waals surface area contributed by atoms with Gasteiger partial charge in [-0.05, 0) is 51.2 Å². The molecule has 118 valence electrons. The summed E-state index contributed by atoms with van der Waals surface area (Å²) in [4.78, 5) is 16.6. The molecule has 0 bridgehead atoms. The normalized spacial score (nSPS) is 22.3. The topological polar surface area (TPSA) is 49.6 Å². The number of likely N-dealkylation sites (N-methyl/N-ethyl adjacent to an activating group) is 1. The zero-order valence-corrected chi connectivity index (χ0v) is 13.5. The first-order valence-electron chi connectivity index (χ1n) is 7.88. The molecule has 5 heteroatoms. The Kier molecular flexibility index (Phi) is 7.85. The van der Waals surface area contributed by atoms with Gasteiger partial charge in [-0.15, -0.1) is 12.4 Å². The standard InChI is InChI=1S/C15H29N3O.ClH/c1-17(14-5-3-2-4-6-14)15(19)12-18-9-7-13(11-16)8-10-18;/h13-14H,2-12,16H2,1H3;1H. The van der Waals surface area contributed by atoms with Gasteiger partial charge in [-0.25, -0.2) is 0 Å². The van der Waals surface area contributed by atoms with Gasteiger partial charge in [-0.2, -0.15) is 0 Å². The summed E-state index contributed by atoms with van der Waals surface area (Å²) in [5.41, 5.74) is 5.70. The van der Waals surface area contributed by atoms with Crippen LogP contribution in [0.1, 0.15) is 44.9 Å². The predicted octanol–water partition coefficient (Wildman–Crippen LogP) is 1.87. The van der Waals surface area contributed by atoms with Crippen molar-refractivity contribution in [1.82, 2.24) is 9.80 Å². The van der Waals surface area contributed by atoms with Crippen LogP contribution in [0, 0.1) is 5.92 Å². The number of hydrogen-bond donors (Lipinski definition) is 1. The summed E-state index contributed by atoms with van der Waals surface area (Å²) >= 11 is 0. The molecule has 2 N–H and O–H groups in total. The zero-order valence-electron chi connectivity index (χ0n) is 12.7.